The summed E-state index contributed by atoms with van der Waals surface area (Å²) in [6.07, 6.45) is 2.41. The molecule has 6 heteroatoms. The van der Waals surface area contributed by atoms with E-state index in [4.69, 9.17) is 14.2 Å². The first-order valence-corrected chi connectivity index (χ1v) is 6.29. The number of aliphatic carboxylic acids is 1. The Hall–Kier alpha value is -1.42. The van der Waals surface area contributed by atoms with E-state index in [1.54, 1.807) is 24.3 Å². The summed E-state index contributed by atoms with van der Waals surface area (Å²) < 4.78 is 21.8. The van der Waals surface area contributed by atoms with Gasteiger partial charge in [0.25, 0.3) is 0 Å². The van der Waals surface area contributed by atoms with Crippen molar-refractivity contribution in [2.75, 3.05) is 14.2 Å². The van der Waals surface area contributed by atoms with Gasteiger partial charge in [0.1, 0.15) is 0 Å². The van der Waals surface area contributed by atoms with Crippen molar-refractivity contribution in [3.63, 3.8) is 0 Å². The zero-order chi connectivity index (χ0) is 12.9. The molecule has 0 spiro atoms. The zero-order valence-electron chi connectivity index (χ0n) is 9.49. The Balaban J connectivity index is 3.09. The molecular formula is C11H13O5P. The van der Waals surface area contributed by atoms with Crippen molar-refractivity contribution in [1.82, 2.24) is 0 Å². The van der Waals surface area contributed by atoms with Crippen molar-refractivity contribution >= 4 is 24.9 Å². The molecule has 1 N–H and O–H groups in total. The smallest absolute Gasteiger partial charge is 0.360 e. The summed E-state index contributed by atoms with van der Waals surface area (Å²) in [4.78, 5) is 10.4. The van der Waals surface area contributed by atoms with E-state index in [1.165, 1.54) is 20.3 Å². The molecule has 0 radical (unpaired) electrons. The number of carbonyl (C=O) groups is 1. The van der Waals surface area contributed by atoms with E-state index in [0.29, 0.717) is 10.9 Å². The quantitative estimate of drug-likeness (QED) is 0.643. The Morgan fingerprint density at radius 3 is 2.53 bits per heavy atom. The minimum absolute atomic E-state index is 0.384. The van der Waals surface area contributed by atoms with Crippen LogP contribution in [0.3, 0.4) is 0 Å². The van der Waals surface area contributed by atoms with Gasteiger partial charge in [0.15, 0.2) is 0 Å². The number of rotatable bonds is 5. The third-order valence-electron chi connectivity index (χ3n) is 2.09. The molecule has 5 nitrogen and oxygen atoms in total. The van der Waals surface area contributed by atoms with Crippen LogP contribution in [0.15, 0.2) is 30.3 Å². The topological polar surface area (TPSA) is 72.8 Å². The average Bonchev–Trinajstić information content (AvgIpc) is 2.35. The van der Waals surface area contributed by atoms with Crippen LogP contribution in [0.25, 0.3) is 6.08 Å². The van der Waals surface area contributed by atoms with Gasteiger partial charge in [-0.05, 0) is 23.8 Å². The molecular weight excluding hydrogens is 243 g/mol. The van der Waals surface area contributed by atoms with Crippen LogP contribution in [0.5, 0.6) is 0 Å². The standard InChI is InChI=1S/C11H13O5P/c1-15-17(14,16-2)10-5-3-4-9(8-10)6-7-11(12)13/h3-8H,1-2H3,(H,12,13)/b7-6+. The third kappa shape index (κ3) is 3.53. The lowest BCUT2D eigenvalue weighted by molar-refractivity contribution is -0.131. The van der Waals surface area contributed by atoms with Gasteiger partial charge in [0.05, 0.1) is 5.30 Å². The van der Waals surface area contributed by atoms with E-state index in [0.717, 1.165) is 6.08 Å². The highest BCUT2D eigenvalue weighted by Gasteiger charge is 2.23. The van der Waals surface area contributed by atoms with Crippen molar-refractivity contribution in [2.45, 2.75) is 0 Å². The second kappa shape index (κ2) is 5.77. The molecule has 0 fully saturated rings. The number of hydrogen-bond donors (Lipinski definition) is 1. The molecule has 0 saturated carbocycles. The Bertz CT molecular complexity index is 473. The summed E-state index contributed by atoms with van der Waals surface area (Å²) in [5.74, 6) is -1.04. The van der Waals surface area contributed by atoms with Gasteiger partial charge in [0, 0.05) is 20.3 Å². The van der Waals surface area contributed by atoms with Crippen molar-refractivity contribution < 1.29 is 23.5 Å². The van der Waals surface area contributed by atoms with E-state index in [9.17, 15) is 9.36 Å². The average molecular weight is 256 g/mol. The maximum atomic E-state index is 12.1. The highest BCUT2D eigenvalue weighted by Crippen LogP contribution is 2.44. The number of carboxylic acid groups (broad SMARTS) is 1. The Morgan fingerprint density at radius 1 is 1.35 bits per heavy atom. The van der Waals surface area contributed by atoms with Gasteiger partial charge in [-0.2, -0.15) is 0 Å². The Morgan fingerprint density at radius 2 is 2.00 bits per heavy atom. The largest absolute Gasteiger partial charge is 0.478 e. The van der Waals surface area contributed by atoms with Crippen LogP contribution in [-0.4, -0.2) is 25.3 Å². The van der Waals surface area contributed by atoms with Gasteiger partial charge in [-0.25, -0.2) is 4.79 Å². The Labute approximate surface area is 99.2 Å². The molecule has 0 aliphatic carbocycles. The summed E-state index contributed by atoms with van der Waals surface area (Å²) in [5.41, 5.74) is 0.610. The first-order valence-electron chi connectivity index (χ1n) is 4.75. The van der Waals surface area contributed by atoms with Crippen LogP contribution >= 0.6 is 7.60 Å². The molecule has 0 aliphatic heterocycles. The second-order valence-corrected chi connectivity index (χ2v) is 5.37. The van der Waals surface area contributed by atoms with Gasteiger partial charge in [0.2, 0.25) is 0 Å². The molecule has 0 aromatic heterocycles. The zero-order valence-corrected chi connectivity index (χ0v) is 10.4. The lowest BCUT2D eigenvalue weighted by atomic mass is 10.2. The third-order valence-corrected chi connectivity index (χ3v) is 3.96. The first kappa shape index (κ1) is 13.6. The molecule has 0 saturated heterocycles. The molecule has 0 heterocycles. The lowest BCUT2D eigenvalue weighted by Crippen LogP contribution is -2.07. The highest BCUT2D eigenvalue weighted by molar-refractivity contribution is 7.62. The second-order valence-electron chi connectivity index (χ2n) is 3.13. The molecule has 0 amide bonds. The van der Waals surface area contributed by atoms with Crippen molar-refractivity contribution in [3.8, 4) is 0 Å². The van der Waals surface area contributed by atoms with E-state index < -0.39 is 13.6 Å². The molecule has 1 aromatic rings. The van der Waals surface area contributed by atoms with Gasteiger partial charge in [-0.15, -0.1) is 0 Å². The van der Waals surface area contributed by atoms with Crippen LogP contribution in [-0.2, 0) is 18.4 Å². The molecule has 92 valence electrons. The van der Waals surface area contributed by atoms with Crippen LogP contribution < -0.4 is 5.30 Å². The van der Waals surface area contributed by atoms with E-state index in [2.05, 4.69) is 0 Å². The predicted molar refractivity (Wildman–Crippen MR) is 64.4 cm³/mol. The Kier molecular flexibility index (Phi) is 4.63. The lowest BCUT2D eigenvalue weighted by Gasteiger charge is -2.13. The number of carboxylic acids is 1. The van der Waals surface area contributed by atoms with Crippen LogP contribution in [0.2, 0.25) is 0 Å². The van der Waals surface area contributed by atoms with Gasteiger partial charge in [-0.1, -0.05) is 12.1 Å². The monoisotopic (exact) mass is 256 g/mol. The summed E-state index contributed by atoms with van der Waals surface area (Å²) in [6.45, 7) is 0. The molecule has 1 aromatic carbocycles. The van der Waals surface area contributed by atoms with E-state index >= 15 is 0 Å². The minimum atomic E-state index is -3.29. The molecule has 0 atom stereocenters. The predicted octanol–water partition coefficient (Wildman–Crippen LogP) is 1.90. The molecule has 0 aliphatic rings. The van der Waals surface area contributed by atoms with E-state index in [1.807, 2.05) is 0 Å². The maximum Gasteiger partial charge on any atom is 0.360 e. The fraction of sp³-hybridized carbons (Fsp3) is 0.182. The van der Waals surface area contributed by atoms with Crippen molar-refractivity contribution in [3.05, 3.63) is 35.9 Å². The van der Waals surface area contributed by atoms with Crippen molar-refractivity contribution in [1.29, 1.82) is 0 Å². The van der Waals surface area contributed by atoms with E-state index in [-0.39, 0.29) is 0 Å². The maximum absolute atomic E-state index is 12.1. The first-order chi connectivity index (χ1) is 8.01. The fourth-order valence-electron chi connectivity index (χ4n) is 1.25. The number of hydrogen-bond acceptors (Lipinski definition) is 4. The van der Waals surface area contributed by atoms with Crippen molar-refractivity contribution in [2.24, 2.45) is 0 Å². The summed E-state index contributed by atoms with van der Waals surface area (Å²) in [5, 5.41) is 8.89. The molecule has 17 heavy (non-hydrogen) atoms. The molecule has 0 unspecified atom stereocenters. The van der Waals surface area contributed by atoms with Gasteiger partial charge < -0.3 is 14.2 Å². The summed E-state index contributed by atoms with van der Waals surface area (Å²) >= 11 is 0. The number of benzene rings is 1. The summed E-state index contributed by atoms with van der Waals surface area (Å²) in [7, 11) is -0.698. The highest BCUT2D eigenvalue weighted by atomic mass is 31.2. The van der Waals surface area contributed by atoms with Gasteiger partial charge in [-0.3, -0.25) is 4.57 Å². The summed E-state index contributed by atoms with van der Waals surface area (Å²) in [6, 6.07) is 6.51. The van der Waals surface area contributed by atoms with Gasteiger partial charge >= 0.3 is 13.6 Å². The normalized spacial score (nSPS) is 11.9. The SMILES string of the molecule is COP(=O)(OC)c1cccc(/C=C/C(=O)O)c1. The molecule has 1 rings (SSSR count). The van der Waals surface area contributed by atoms with Crippen LogP contribution in [0, 0.1) is 0 Å². The van der Waals surface area contributed by atoms with Crippen LogP contribution in [0.1, 0.15) is 5.56 Å². The molecule has 0 bridgehead atoms. The minimum Gasteiger partial charge on any atom is -0.478 e. The van der Waals surface area contributed by atoms with Crippen LogP contribution in [0.4, 0.5) is 0 Å². The fourth-order valence-corrected chi connectivity index (χ4v) is 2.40.